The highest BCUT2D eigenvalue weighted by molar-refractivity contribution is 5.61. The summed E-state index contributed by atoms with van der Waals surface area (Å²) in [6.07, 6.45) is -1.03. The fourth-order valence-electron chi connectivity index (χ4n) is 3.04. The Balaban J connectivity index is 1.68. The topological polar surface area (TPSA) is 37.4 Å². The van der Waals surface area contributed by atoms with Crippen molar-refractivity contribution in [3.63, 3.8) is 0 Å². The molecule has 4 nitrogen and oxygen atoms in total. The highest BCUT2D eigenvalue weighted by Gasteiger charge is 2.14. The molecule has 2 heterocycles. The minimum absolute atomic E-state index is 0.0205. The number of benzene rings is 1. The number of aryl methyl sites for hydroxylation is 1. The van der Waals surface area contributed by atoms with E-state index in [-0.39, 0.29) is 11.7 Å². The van der Waals surface area contributed by atoms with Crippen molar-refractivity contribution < 1.29 is 13.5 Å². The maximum atomic E-state index is 12.6. The number of rotatable bonds is 5. The molecule has 1 fully saturated rings. The van der Waals surface area contributed by atoms with E-state index in [2.05, 4.69) is 40.3 Å². The van der Waals surface area contributed by atoms with Crippen molar-refractivity contribution in [1.29, 1.82) is 0 Å². The van der Waals surface area contributed by atoms with Gasteiger partial charge in [0.2, 0.25) is 0 Å². The Kier molecular flexibility index (Phi) is 5.48. The number of nitrogens with one attached hydrogen (secondary N) is 1. The fourth-order valence-corrected chi connectivity index (χ4v) is 3.04. The molecule has 1 N–H and O–H groups in total. The van der Waals surface area contributed by atoms with E-state index in [1.807, 2.05) is 6.92 Å². The van der Waals surface area contributed by atoms with Gasteiger partial charge < -0.3 is 15.0 Å². The molecule has 1 aromatic heterocycles. The Morgan fingerprint density at radius 3 is 2.52 bits per heavy atom. The van der Waals surface area contributed by atoms with Gasteiger partial charge in [-0.1, -0.05) is 6.07 Å². The normalized spacial score (nSPS) is 16.1. The van der Waals surface area contributed by atoms with Crippen LogP contribution >= 0.6 is 0 Å². The zero-order valence-corrected chi connectivity index (χ0v) is 14.5. The highest BCUT2D eigenvalue weighted by Crippen LogP contribution is 2.27. The Morgan fingerprint density at radius 2 is 1.92 bits per heavy atom. The maximum Gasteiger partial charge on any atom is 0.280 e. The molecule has 1 saturated heterocycles. The average molecular weight is 347 g/mol. The average Bonchev–Trinajstić information content (AvgIpc) is 2.62. The van der Waals surface area contributed by atoms with E-state index in [1.54, 1.807) is 6.07 Å². The minimum Gasteiger partial charge on any atom is -0.378 e. The first-order chi connectivity index (χ1) is 12.0. The second-order valence-corrected chi connectivity index (χ2v) is 6.28. The zero-order valence-electron chi connectivity index (χ0n) is 14.5. The molecule has 0 radical (unpaired) electrons. The lowest BCUT2D eigenvalue weighted by Crippen LogP contribution is -2.36. The lowest BCUT2D eigenvalue weighted by atomic mass is 10.1. The lowest BCUT2D eigenvalue weighted by molar-refractivity contribution is 0.122. The van der Waals surface area contributed by atoms with Gasteiger partial charge in [0.05, 0.1) is 19.3 Å². The van der Waals surface area contributed by atoms with Crippen LogP contribution in [0.1, 0.15) is 36.2 Å². The van der Waals surface area contributed by atoms with E-state index in [0.29, 0.717) is 0 Å². The van der Waals surface area contributed by atoms with Gasteiger partial charge in [0.25, 0.3) is 6.43 Å². The third-order valence-corrected chi connectivity index (χ3v) is 4.46. The van der Waals surface area contributed by atoms with Crippen molar-refractivity contribution in [3.8, 4) is 0 Å². The first-order valence-corrected chi connectivity index (χ1v) is 8.48. The van der Waals surface area contributed by atoms with Crippen LogP contribution in [0.5, 0.6) is 0 Å². The molecule has 1 unspecified atom stereocenters. The largest absolute Gasteiger partial charge is 0.378 e. The van der Waals surface area contributed by atoms with Crippen LogP contribution in [0.15, 0.2) is 36.5 Å². The van der Waals surface area contributed by atoms with Crippen LogP contribution in [-0.4, -0.2) is 31.3 Å². The van der Waals surface area contributed by atoms with E-state index in [1.165, 1.54) is 23.5 Å². The third-order valence-electron chi connectivity index (χ3n) is 4.46. The molecule has 0 bridgehead atoms. The number of alkyl halides is 2. The molecule has 0 aliphatic carbocycles. The molecule has 6 heteroatoms. The zero-order chi connectivity index (χ0) is 17.8. The molecule has 0 saturated carbocycles. The van der Waals surface area contributed by atoms with Gasteiger partial charge in [-0.25, -0.2) is 8.78 Å². The van der Waals surface area contributed by atoms with Crippen LogP contribution in [0.25, 0.3) is 0 Å². The monoisotopic (exact) mass is 347 g/mol. The smallest absolute Gasteiger partial charge is 0.280 e. The SMILES string of the molecule is Cc1cc(NC(C)c2ccc(C(F)F)nc2)ccc1N1CCOCC1. The summed E-state index contributed by atoms with van der Waals surface area (Å²) in [6.45, 7) is 7.43. The number of halogens is 2. The van der Waals surface area contributed by atoms with Crippen LogP contribution in [0, 0.1) is 6.92 Å². The molecule has 1 aromatic carbocycles. The predicted octanol–water partition coefficient (Wildman–Crippen LogP) is 4.34. The summed E-state index contributed by atoms with van der Waals surface area (Å²) in [4.78, 5) is 6.16. The van der Waals surface area contributed by atoms with Crippen LogP contribution in [0.4, 0.5) is 20.2 Å². The number of hydrogen-bond donors (Lipinski definition) is 1. The Morgan fingerprint density at radius 1 is 1.16 bits per heavy atom. The number of nitrogens with zero attached hydrogens (tertiary/aromatic N) is 2. The fraction of sp³-hybridized carbons (Fsp3) is 0.421. The third kappa shape index (κ3) is 4.25. The summed E-state index contributed by atoms with van der Waals surface area (Å²) < 4.78 is 30.6. The Labute approximate surface area is 146 Å². The van der Waals surface area contributed by atoms with E-state index in [4.69, 9.17) is 4.74 Å². The number of hydrogen-bond acceptors (Lipinski definition) is 4. The molecule has 1 aliphatic heterocycles. The van der Waals surface area contributed by atoms with Gasteiger partial charge in [0, 0.05) is 30.7 Å². The van der Waals surface area contributed by atoms with E-state index in [9.17, 15) is 8.78 Å². The highest BCUT2D eigenvalue weighted by atomic mass is 19.3. The van der Waals surface area contributed by atoms with Gasteiger partial charge in [0.1, 0.15) is 5.69 Å². The van der Waals surface area contributed by atoms with Gasteiger partial charge in [-0.3, -0.25) is 4.98 Å². The first-order valence-electron chi connectivity index (χ1n) is 8.48. The van der Waals surface area contributed by atoms with Crippen molar-refractivity contribution in [2.75, 3.05) is 36.5 Å². The second-order valence-electron chi connectivity index (χ2n) is 6.28. The minimum atomic E-state index is -2.53. The first kappa shape index (κ1) is 17.6. The molecular weight excluding hydrogens is 324 g/mol. The molecule has 0 spiro atoms. The quantitative estimate of drug-likeness (QED) is 0.873. The Bertz CT molecular complexity index is 700. The molecule has 0 amide bonds. The molecule has 2 aromatic rings. The van der Waals surface area contributed by atoms with Crippen molar-refractivity contribution in [3.05, 3.63) is 53.3 Å². The van der Waals surface area contributed by atoms with Crippen molar-refractivity contribution in [2.45, 2.75) is 26.3 Å². The maximum absolute atomic E-state index is 12.6. The molecular formula is C19H23F2N3O. The van der Waals surface area contributed by atoms with Gasteiger partial charge in [-0.05, 0) is 49.2 Å². The number of ether oxygens (including phenoxy) is 1. The van der Waals surface area contributed by atoms with Crippen molar-refractivity contribution >= 4 is 11.4 Å². The van der Waals surface area contributed by atoms with Crippen molar-refractivity contribution in [2.24, 2.45) is 0 Å². The summed E-state index contributed by atoms with van der Waals surface area (Å²) >= 11 is 0. The number of anilines is 2. The summed E-state index contributed by atoms with van der Waals surface area (Å²) in [5.74, 6) is 0. The Hall–Kier alpha value is -2.21. The molecule has 1 aliphatic rings. The van der Waals surface area contributed by atoms with Gasteiger partial charge in [-0.2, -0.15) is 0 Å². The van der Waals surface area contributed by atoms with E-state index in [0.717, 1.165) is 37.6 Å². The predicted molar refractivity (Wildman–Crippen MR) is 95.4 cm³/mol. The standard InChI is InChI=1S/C19H23F2N3O/c1-13-11-16(4-6-18(13)24-7-9-25-10-8-24)23-14(2)15-3-5-17(19(20)21)22-12-15/h3-6,11-12,14,19,23H,7-10H2,1-2H3. The van der Waals surface area contributed by atoms with E-state index >= 15 is 0 Å². The molecule has 25 heavy (non-hydrogen) atoms. The van der Waals surface area contributed by atoms with Crippen LogP contribution in [-0.2, 0) is 4.74 Å². The van der Waals surface area contributed by atoms with Gasteiger partial charge >= 0.3 is 0 Å². The van der Waals surface area contributed by atoms with E-state index < -0.39 is 6.43 Å². The number of pyridine rings is 1. The lowest BCUT2D eigenvalue weighted by Gasteiger charge is -2.30. The van der Waals surface area contributed by atoms with Crippen LogP contribution < -0.4 is 10.2 Å². The number of morpholine rings is 1. The number of aromatic nitrogens is 1. The molecule has 134 valence electrons. The van der Waals surface area contributed by atoms with Gasteiger partial charge in [0.15, 0.2) is 0 Å². The van der Waals surface area contributed by atoms with Crippen LogP contribution in [0.2, 0.25) is 0 Å². The molecule has 1 atom stereocenters. The second kappa shape index (κ2) is 7.78. The van der Waals surface area contributed by atoms with Crippen molar-refractivity contribution in [1.82, 2.24) is 4.98 Å². The summed E-state index contributed by atoms with van der Waals surface area (Å²) in [5, 5.41) is 3.41. The van der Waals surface area contributed by atoms with Gasteiger partial charge in [-0.15, -0.1) is 0 Å². The summed E-state index contributed by atoms with van der Waals surface area (Å²) in [6, 6.07) is 9.34. The molecule has 3 rings (SSSR count). The van der Waals surface area contributed by atoms with Crippen LogP contribution in [0.3, 0.4) is 0 Å². The summed E-state index contributed by atoms with van der Waals surface area (Å²) in [7, 11) is 0. The summed E-state index contributed by atoms with van der Waals surface area (Å²) in [5.41, 5.74) is 4.11.